The summed E-state index contributed by atoms with van der Waals surface area (Å²) in [4.78, 5) is 6.74. The number of rotatable bonds is 5. The predicted molar refractivity (Wildman–Crippen MR) is 95.7 cm³/mol. The largest absolute Gasteiger partial charge is 0.387 e. The van der Waals surface area contributed by atoms with Crippen LogP contribution in [0.5, 0.6) is 0 Å². The third-order valence-corrected chi connectivity index (χ3v) is 5.55. The molecule has 0 bridgehead atoms. The van der Waals surface area contributed by atoms with Crippen LogP contribution < -0.4 is 10.6 Å². The van der Waals surface area contributed by atoms with E-state index in [0.29, 0.717) is 12.6 Å². The SMILES string of the molecule is C=C(C)CN1CCC(NC(=NC)NCC2(O)CCSC2)CC1. The van der Waals surface area contributed by atoms with Crippen LogP contribution in [0.2, 0.25) is 0 Å². The van der Waals surface area contributed by atoms with Crippen LogP contribution in [0.25, 0.3) is 0 Å². The van der Waals surface area contributed by atoms with Crippen molar-refractivity contribution in [2.75, 3.05) is 44.7 Å². The normalized spacial score (nSPS) is 27.9. The van der Waals surface area contributed by atoms with Crippen molar-refractivity contribution in [2.45, 2.75) is 37.8 Å². The minimum Gasteiger partial charge on any atom is -0.387 e. The van der Waals surface area contributed by atoms with Crippen molar-refractivity contribution in [3.63, 3.8) is 0 Å². The Kier molecular flexibility index (Phi) is 6.59. The van der Waals surface area contributed by atoms with Gasteiger partial charge in [-0.3, -0.25) is 9.89 Å². The maximum absolute atomic E-state index is 10.4. The molecule has 0 radical (unpaired) electrons. The summed E-state index contributed by atoms with van der Waals surface area (Å²) in [7, 11) is 1.79. The van der Waals surface area contributed by atoms with Crippen molar-refractivity contribution in [3.8, 4) is 0 Å². The van der Waals surface area contributed by atoms with E-state index in [4.69, 9.17) is 0 Å². The summed E-state index contributed by atoms with van der Waals surface area (Å²) < 4.78 is 0. The first kappa shape index (κ1) is 17.6. The molecule has 1 unspecified atom stereocenters. The molecule has 0 spiro atoms. The van der Waals surface area contributed by atoms with Crippen molar-refractivity contribution in [3.05, 3.63) is 12.2 Å². The zero-order chi connectivity index (χ0) is 16.0. The molecule has 1 atom stereocenters. The van der Waals surface area contributed by atoms with Crippen molar-refractivity contribution < 1.29 is 5.11 Å². The lowest BCUT2D eigenvalue weighted by Gasteiger charge is -2.33. The Morgan fingerprint density at radius 3 is 2.73 bits per heavy atom. The summed E-state index contributed by atoms with van der Waals surface area (Å²) in [6.45, 7) is 9.85. The minimum atomic E-state index is -0.576. The fourth-order valence-corrected chi connectivity index (χ4v) is 4.28. The van der Waals surface area contributed by atoms with E-state index >= 15 is 0 Å². The van der Waals surface area contributed by atoms with Gasteiger partial charge in [0.2, 0.25) is 0 Å². The van der Waals surface area contributed by atoms with Crippen LogP contribution in [-0.4, -0.2) is 72.3 Å². The van der Waals surface area contributed by atoms with Gasteiger partial charge >= 0.3 is 0 Å². The van der Waals surface area contributed by atoms with Gasteiger partial charge in [0.15, 0.2) is 5.96 Å². The molecule has 0 amide bonds. The first-order valence-corrected chi connectivity index (χ1v) is 9.30. The Morgan fingerprint density at radius 1 is 1.45 bits per heavy atom. The van der Waals surface area contributed by atoms with Gasteiger partial charge in [0.25, 0.3) is 0 Å². The number of aliphatic imine (C=N–C) groups is 1. The van der Waals surface area contributed by atoms with E-state index in [2.05, 4.69) is 34.0 Å². The zero-order valence-corrected chi connectivity index (χ0v) is 14.7. The molecule has 2 aliphatic rings. The molecular formula is C16H30N4OS. The van der Waals surface area contributed by atoms with Crippen molar-refractivity contribution in [1.29, 1.82) is 0 Å². The van der Waals surface area contributed by atoms with Gasteiger partial charge in [-0.2, -0.15) is 11.8 Å². The van der Waals surface area contributed by atoms with Gasteiger partial charge in [-0.05, 0) is 31.9 Å². The molecule has 2 saturated heterocycles. The molecule has 2 fully saturated rings. The Bertz CT molecular complexity index is 399. The number of nitrogens with zero attached hydrogens (tertiary/aromatic N) is 2. The van der Waals surface area contributed by atoms with Crippen molar-refractivity contribution >= 4 is 17.7 Å². The van der Waals surface area contributed by atoms with E-state index in [1.807, 2.05) is 11.8 Å². The van der Waals surface area contributed by atoms with Crippen LogP contribution >= 0.6 is 11.8 Å². The molecule has 2 heterocycles. The summed E-state index contributed by atoms with van der Waals surface area (Å²) in [5.74, 6) is 2.67. The fourth-order valence-electron chi connectivity index (χ4n) is 2.99. The number of hydrogen-bond acceptors (Lipinski definition) is 4. The Hall–Kier alpha value is -0.720. The number of thioether (sulfide) groups is 1. The first-order valence-electron chi connectivity index (χ1n) is 8.15. The average Bonchev–Trinajstić information content (AvgIpc) is 2.92. The highest BCUT2D eigenvalue weighted by molar-refractivity contribution is 7.99. The molecule has 0 aromatic heterocycles. The molecule has 0 aliphatic carbocycles. The molecule has 2 rings (SSSR count). The zero-order valence-electron chi connectivity index (χ0n) is 13.9. The summed E-state index contributed by atoms with van der Waals surface area (Å²) in [5, 5.41) is 17.2. The van der Waals surface area contributed by atoms with Gasteiger partial charge < -0.3 is 15.7 Å². The molecule has 0 aromatic carbocycles. The Labute approximate surface area is 138 Å². The van der Waals surface area contributed by atoms with E-state index in [-0.39, 0.29) is 0 Å². The number of nitrogens with one attached hydrogen (secondary N) is 2. The molecule has 2 aliphatic heterocycles. The highest BCUT2D eigenvalue weighted by Gasteiger charge is 2.32. The summed E-state index contributed by atoms with van der Waals surface area (Å²) in [6, 6.07) is 0.458. The van der Waals surface area contributed by atoms with Gasteiger partial charge in [-0.15, -0.1) is 0 Å². The van der Waals surface area contributed by atoms with Crippen LogP contribution in [0.4, 0.5) is 0 Å². The maximum atomic E-state index is 10.4. The van der Waals surface area contributed by atoms with Crippen LogP contribution in [-0.2, 0) is 0 Å². The topological polar surface area (TPSA) is 59.9 Å². The second-order valence-electron chi connectivity index (χ2n) is 6.60. The van der Waals surface area contributed by atoms with Crippen molar-refractivity contribution in [2.24, 2.45) is 4.99 Å². The lowest BCUT2D eigenvalue weighted by atomic mass is 10.0. The molecular weight excluding hydrogens is 296 g/mol. The third-order valence-electron chi connectivity index (χ3n) is 4.31. The second kappa shape index (κ2) is 8.22. The van der Waals surface area contributed by atoms with Crippen LogP contribution in [0.1, 0.15) is 26.2 Å². The van der Waals surface area contributed by atoms with E-state index in [1.165, 1.54) is 5.57 Å². The molecule has 126 valence electrons. The lowest BCUT2D eigenvalue weighted by Crippen LogP contribution is -2.52. The number of guanidine groups is 1. The molecule has 6 heteroatoms. The number of likely N-dealkylation sites (tertiary alicyclic amines) is 1. The quantitative estimate of drug-likeness (QED) is 0.401. The molecule has 0 aromatic rings. The monoisotopic (exact) mass is 326 g/mol. The first-order chi connectivity index (χ1) is 10.5. The Morgan fingerprint density at radius 2 is 2.18 bits per heavy atom. The van der Waals surface area contributed by atoms with E-state index in [9.17, 15) is 5.11 Å². The van der Waals surface area contributed by atoms with Crippen molar-refractivity contribution in [1.82, 2.24) is 15.5 Å². The minimum absolute atomic E-state index is 0.458. The van der Waals surface area contributed by atoms with Crippen LogP contribution in [0.3, 0.4) is 0 Å². The summed E-state index contributed by atoms with van der Waals surface area (Å²) >= 11 is 1.82. The van der Waals surface area contributed by atoms with Gasteiger partial charge in [-0.25, -0.2) is 0 Å². The fraction of sp³-hybridized carbons (Fsp3) is 0.812. The standard InChI is InChI=1S/C16H30N4OS/c1-13(2)10-20-7-4-14(5-8-20)19-15(17-3)18-11-16(21)6-9-22-12-16/h14,21H,1,4-12H2,2-3H3,(H2,17,18,19). The van der Waals surface area contributed by atoms with E-state index in [1.54, 1.807) is 7.05 Å². The van der Waals surface area contributed by atoms with Gasteiger partial charge in [0.1, 0.15) is 0 Å². The molecule has 22 heavy (non-hydrogen) atoms. The molecule has 5 nitrogen and oxygen atoms in total. The number of aliphatic hydroxyl groups is 1. The highest BCUT2D eigenvalue weighted by Crippen LogP contribution is 2.26. The van der Waals surface area contributed by atoms with Gasteiger partial charge in [0.05, 0.1) is 5.60 Å². The predicted octanol–water partition coefficient (Wildman–Crippen LogP) is 1.06. The average molecular weight is 327 g/mol. The lowest BCUT2D eigenvalue weighted by molar-refractivity contribution is 0.0723. The summed E-state index contributed by atoms with van der Waals surface area (Å²) in [6.07, 6.45) is 3.10. The second-order valence-corrected chi connectivity index (χ2v) is 7.71. The van der Waals surface area contributed by atoms with Gasteiger partial charge in [-0.1, -0.05) is 12.2 Å². The van der Waals surface area contributed by atoms with Crippen LogP contribution in [0.15, 0.2) is 17.1 Å². The summed E-state index contributed by atoms with van der Waals surface area (Å²) in [5.41, 5.74) is 0.652. The van der Waals surface area contributed by atoms with Gasteiger partial charge in [0, 0.05) is 45.0 Å². The number of piperidine rings is 1. The maximum Gasteiger partial charge on any atom is 0.191 e. The highest BCUT2D eigenvalue weighted by atomic mass is 32.2. The third kappa shape index (κ3) is 5.48. The molecule has 3 N–H and O–H groups in total. The van der Waals surface area contributed by atoms with Crippen LogP contribution in [0, 0.1) is 0 Å². The smallest absolute Gasteiger partial charge is 0.191 e. The van der Waals surface area contributed by atoms with E-state index < -0.39 is 5.60 Å². The number of hydrogen-bond donors (Lipinski definition) is 3. The van der Waals surface area contributed by atoms with E-state index in [0.717, 1.165) is 56.4 Å². The Balaban J connectivity index is 1.71. The molecule has 0 saturated carbocycles.